The Morgan fingerprint density at radius 1 is 1.25 bits per heavy atom. The van der Waals surface area contributed by atoms with Gasteiger partial charge < -0.3 is 10.1 Å². The summed E-state index contributed by atoms with van der Waals surface area (Å²) in [5.74, 6) is 0. The number of halogens is 3. The van der Waals surface area contributed by atoms with Gasteiger partial charge in [-0.2, -0.15) is 13.2 Å². The molecule has 0 aromatic rings. The molecule has 0 aromatic carbocycles. The summed E-state index contributed by atoms with van der Waals surface area (Å²) in [6.45, 7) is 1.53. The van der Waals surface area contributed by atoms with Gasteiger partial charge in [0.1, 0.15) is 0 Å². The summed E-state index contributed by atoms with van der Waals surface area (Å²) in [6.07, 6.45) is -4.61. The number of ether oxygens (including phenoxy) is 1. The second kappa shape index (κ2) is 6.25. The third kappa shape index (κ3) is 9.71. The second-order valence-corrected chi connectivity index (χ2v) is 2.46. The second-order valence-electron chi connectivity index (χ2n) is 2.46. The molecule has 0 heterocycles. The molecule has 0 unspecified atom stereocenters. The van der Waals surface area contributed by atoms with Crippen LogP contribution in [-0.2, 0) is 4.74 Å². The third-order valence-electron chi connectivity index (χ3n) is 1.30. The maximum absolute atomic E-state index is 11.6. The standard InChI is InChI=1S/C7H14F3NO/c1-12-6-5-11-4-2-3-7(8,9)10/h11H,2-6H2,1H3. The van der Waals surface area contributed by atoms with Crippen molar-refractivity contribution in [3.8, 4) is 0 Å². The van der Waals surface area contributed by atoms with Gasteiger partial charge in [-0.05, 0) is 13.0 Å². The summed E-state index contributed by atoms with van der Waals surface area (Å²) < 4.78 is 39.4. The first-order chi connectivity index (χ1) is 5.56. The van der Waals surface area contributed by atoms with Crippen molar-refractivity contribution >= 4 is 0 Å². The first-order valence-electron chi connectivity index (χ1n) is 3.82. The van der Waals surface area contributed by atoms with Gasteiger partial charge >= 0.3 is 6.18 Å². The van der Waals surface area contributed by atoms with Crippen molar-refractivity contribution in [2.75, 3.05) is 26.8 Å². The molecule has 0 amide bonds. The predicted octanol–water partition coefficient (Wildman–Crippen LogP) is 1.56. The van der Waals surface area contributed by atoms with Crippen LogP contribution >= 0.6 is 0 Å². The van der Waals surface area contributed by atoms with E-state index in [9.17, 15) is 13.2 Å². The van der Waals surface area contributed by atoms with E-state index < -0.39 is 12.6 Å². The van der Waals surface area contributed by atoms with Crippen molar-refractivity contribution in [1.29, 1.82) is 0 Å². The molecule has 0 bridgehead atoms. The Morgan fingerprint density at radius 3 is 2.42 bits per heavy atom. The Bertz CT molecular complexity index is 105. The van der Waals surface area contributed by atoms with Crippen LogP contribution in [-0.4, -0.2) is 33.0 Å². The summed E-state index contributed by atoms with van der Waals surface area (Å²) in [7, 11) is 1.55. The highest BCUT2D eigenvalue weighted by Gasteiger charge is 2.25. The van der Waals surface area contributed by atoms with Crippen LogP contribution in [0.1, 0.15) is 12.8 Å². The lowest BCUT2D eigenvalue weighted by molar-refractivity contribution is -0.135. The highest BCUT2D eigenvalue weighted by atomic mass is 19.4. The fraction of sp³-hybridized carbons (Fsp3) is 1.00. The molecular formula is C7H14F3NO. The van der Waals surface area contributed by atoms with Gasteiger partial charge in [0.15, 0.2) is 0 Å². The maximum Gasteiger partial charge on any atom is 0.389 e. The van der Waals surface area contributed by atoms with Crippen LogP contribution in [0.2, 0.25) is 0 Å². The summed E-state index contributed by atoms with van der Waals surface area (Å²) >= 11 is 0. The Balaban J connectivity index is 3.01. The molecule has 0 spiro atoms. The van der Waals surface area contributed by atoms with Crippen LogP contribution in [0.15, 0.2) is 0 Å². The molecule has 0 saturated heterocycles. The molecule has 2 nitrogen and oxygen atoms in total. The zero-order valence-electron chi connectivity index (χ0n) is 7.08. The van der Waals surface area contributed by atoms with E-state index in [1.807, 2.05) is 0 Å². The summed E-state index contributed by atoms with van der Waals surface area (Å²) in [6, 6.07) is 0. The molecule has 0 fully saturated rings. The first kappa shape index (κ1) is 11.7. The molecule has 0 aliphatic rings. The summed E-state index contributed by atoms with van der Waals surface area (Å²) in [4.78, 5) is 0. The fourth-order valence-electron chi connectivity index (χ4n) is 0.713. The molecule has 5 heteroatoms. The highest BCUT2D eigenvalue weighted by Crippen LogP contribution is 2.20. The lowest BCUT2D eigenvalue weighted by atomic mass is 10.3. The van der Waals surface area contributed by atoms with E-state index >= 15 is 0 Å². The third-order valence-corrected chi connectivity index (χ3v) is 1.30. The van der Waals surface area contributed by atoms with Crippen molar-refractivity contribution < 1.29 is 17.9 Å². The molecule has 0 rings (SSSR count). The summed E-state index contributed by atoms with van der Waals surface area (Å²) in [5.41, 5.74) is 0. The van der Waals surface area contributed by atoms with Crippen LogP contribution in [0.25, 0.3) is 0 Å². The lowest BCUT2D eigenvalue weighted by Crippen LogP contribution is -2.21. The van der Waals surface area contributed by atoms with Gasteiger partial charge in [-0.25, -0.2) is 0 Å². The van der Waals surface area contributed by atoms with Crippen LogP contribution < -0.4 is 5.32 Å². The molecule has 0 radical (unpaired) electrons. The highest BCUT2D eigenvalue weighted by molar-refractivity contribution is 4.53. The Hall–Kier alpha value is -0.290. The Morgan fingerprint density at radius 2 is 1.92 bits per heavy atom. The molecule has 0 aliphatic carbocycles. The number of hydrogen-bond acceptors (Lipinski definition) is 2. The average Bonchev–Trinajstić information content (AvgIpc) is 1.94. The predicted molar refractivity (Wildman–Crippen MR) is 40.0 cm³/mol. The largest absolute Gasteiger partial charge is 0.389 e. The van der Waals surface area contributed by atoms with Crippen LogP contribution in [0.4, 0.5) is 13.2 Å². The molecule has 0 atom stereocenters. The normalized spacial score (nSPS) is 12.0. The zero-order valence-corrected chi connectivity index (χ0v) is 7.08. The minimum atomic E-state index is -4.02. The van der Waals surface area contributed by atoms with Crippen LogP contribution in [0, 0.1) is 0 Å². The summed E-state index contributed by atoms with van der Waals surface area (Å²) in [5, 5.41) is 2.83. The molecule has 12 heavy (non-hydrogen) atoms. The van der Waals surface area contributed by atoms with E-state index in [0.717, 1.165) is 0 Å². The SMILES string of the molecule is COCCNCCCC(F)(F)F. The first-order valence-corrected chi connectivity index (χ1v) is 3.82. The monoisotopic (exact) mass is 185 g/mol. The quantitative estimate of drug-likeness (QED) is 0.634. The maximum atomic E-state index is 11.6. The van der Waals surface area contributed by atoms with Gasteiger partial charge in [0.2, 0.25) is 0 Å². The number of rotatable bonds is 6. The van der Waals surface area contributed by atoms with Crippen molar-refractivity contribution in [3.63, 3.8) is 0 Å². The van der Waals surface area contributed by atoms with Gasteiger partial charge in [0, 0.05) is 20.1 Å². The van der Waals surface area contributed by atoms with E-state index in [4.69, 9.17) is 4.74 Å². The van der Waals surface area contributed by atoms with E-state index in [2.05, 4.69) is 5.32 Å². The molecule has 1 N–H and O–H groups in total. The lowest BCUT2D eigenvalue weighted by Gasteiger charge is -2.06. The number of nitrogens with one attached hydrogen (secondary N) is 1. The van der Waals surface area contributed by atoms with Crippen molar-refractivity contribution in [1.82, 2.24) is 5.32 Å². The minimum absolute atomic E-state index is 0.132. The van der Waals surface area contributed by atoms with Gasteiger partial charge in [-0.15, -0.1) is 0 Å². The average molecular weight is 185 g/mol. The van der Waals surface area contributed by atoms with Crippen molar-refractivity contribution in [2.24, 2.45) is 0 Å². The van der Waals surface area contributed by atoms with Crippen LogP contribution in [0.3, 0.4) is 0 Å². The van der Waals surface area contributed by atoms with Crippen molar-refractivity contribution in [2.45, 2.75) is 19.0 Å². The van der Waals surface area contributed by atoms with E-state index in [1.165, 1.54) is 0 Å². The molecule has 0 saturated carbocycles. The number of alkyl halides is 3. The van der Waals surface area contributed by atoms with Gasteiger partial charge in [-0.3, -0.25) is 0 Å². The van der Waals surface area contributed by atoms with Gasteiger partial charge in [0.05, 0.1) is 6.61 Å². The Kier molecular flexibility index (Phi) is 6.10. The smallest absolute Gasteiger partial charge is 0.383 e. The fourth-order valence-corrected chi connectivity index (χ4v) is 0.713. The minimum Gasteiger partial charge on any atom is -0.383 e. The van der Waals surface area contributed by atoms with Crippen molar-refractivity contribution in [3.05, 3.63) is 0 Å². The number of methoxy groups -OCH3 is 1. The molecule has 0 aromatic heterocycles. The topological polar surface area (TPSA) is 21.3 Å². The van der Waals surface area contributed by atoms with Gasteiger partial charge in [0.25, 0.3) is 0 Å². The zero-order chi connectivity index (χ0) is 9.45. The van der Waals surface area contributed by atoms with Crippen LogP contribution in [0.5, 0.6) is 0 Å². The van der Waals surface area contributed by atoms with Gasteiger partial charge in [-0.1, -0.05) is 0 Å². The Labute approximate surface area is 70.1 Å². The van der Waals surface area contributed by atoms with E-state index in [1.54, 1.807) is 7.11 Å². The molecular weight excluding hydrogens is 171 g/mol. The molecule has 74 valence electrons. The number of hydrogen-bond donors (Lipinski definition) is 1. The van der Waals surface area contributed by atoms with E-state index in [0.29, 0.717) is 19.7 Å². The van der Waals surface area contributed by atoms with E-state index in [-0.39, 0.29) is 6.42 Å². The molecule has 0 aliphatic heterocycles.